The van der Waals surface area contributed by atoms with E-state index in [1.165, 1.54) is 24.6 Å². The van der Waals surface area contributed by atoms with E-state index in [1.807, 2.05) is 24.3 Å². The van der Waals surface area contributed by atoms with Gasteiger partial charge in [0.25, 0.3) is 0 Å². The first-order valence-corrected chi connectivity index (χ1v) is 7.46. The van der Waals surface area contributed by atoms with Gasteiger partial charge in [0.15, 0.2) is 0 Å². The fraction of sp³-hybridized carbons (Fsp3) is 0.500. The SMILES string of the molecule is COc1cccc(SCC(=O)NCC(N)C2CC2)c1. The molecule has 1 aromatic rings. The molecule has 5 heteroatoms. The van der Waals surface area contributed by atoms with E-state index in [-0.39, 0.29) is 11.9 Å². The minimum absolute atomic E-state index is 0.0314. The first-order valence-electron chi connectivity index (χ1n) is 6.48. The smallest absolute Gasteiger partial charge is 0.230 e. The summed E-state index contributed by atoms with van der Waals surface area (Å²) >= 11 is 1.50. The number of benzene rings is 1. The number of methoxy groups -OCH3 is 1. The molecule has 1 fully saturated rings. The topological polar surface area (TPSA) is 64.3 Å². The molecule has 0 spiro atoms. The lowest BCUT2D eigenvalue weighted by Gasteiger charge is -2.11. The first kappa shape index (κ1) is 14.2. The Morgan fingerprint density at radius 1 is 1.58 bits per heavy atom. The quantitative estimate of drug-likeness (QED) is 0.745. The van der Waals surface area contributed by atoms with Crippen LogP contribution in [-0.2, 0) is 4.79 Å². The van der Waals surface area contributed by atoms with E-state index in [4.69, 9.17) is 10.5 Å². The van der Waals surface area contributed by atoms with Crippen LogP contribution in [0.15, 0.2) is 29.2 Å². The predicted molar refractivity (Wildman–Crippen MR) is 77.4 cm³/mol. The maximum atomic E-state index is 11.7. The highest BCUT2D eigenvalue weighted by Gasteiger charge is 2.28. The van der Waals surface area contributed by atoms with E-state index in [0.717, 1.165) is 10.6 Å². The van der Waals surface area contributed by atoms with Crippen molar-refractivity contribution in [3.8, 4) is 5.75 Å². The monoisotopic (exact) mass is 280 g/mol. The van der Waals surface area contributed by atoms with Gasteiger partial charge >= 0.3 is 0 Å². The van der Waals surface area contributed by atoms with Crippen molar-refractivity contribution in [2.75, 3.05) is 19.4 Å². The summed E-state index contributed by atoms with van der Waals surface area (Å²) in [5.74, 6) is 1.86. The summed E-state index contributed by atoms with van der Waals surface area (Å²) in [4.78, 5) is 12.7. The molecule has 0 heterocycles. The highest BCUT2D eigenvalue weighted by atomic mass is 32.2. The largest absolute Gasteiger partial charge is 0.497 e. The van der Waals surface area contributed by atoms with Gasteiger partial charge in [-0.1, -0.05) is 6.07 Å². The van der Waals surface area contributed by atoms with Crippen molar-refractivity contribution in [2.24, 2.45) is 11.7 Å². The number of nitrogens with one attached hydrogen (secondary N) is 1. The van der Waals surface area contributed by atoms with Crippen LogP contribution in [0.25, 0.3) is 0 Å². The van der Waals surface area contributed by atoms with E-state index in [2.05, 4.69) is 5.32 Å². The molecular weight excluding hydrogens is 260 g/mol. The fourth-order valence-electron chi connectivity index (χ4n) is 1.81. The van der Waals surface area contributed by atoms with Gasteiger partial charge in [0.1, 0.15) is 5.75 Å². The number of hydrogen-bond donors (Lipinski definition) is 2. The number of carbonyl (C=O) groups excluding carboxylic acids is 1. The standard InChI is InChI=1S/C14H20N2O2S/c1-18-11-3-2-4-12(7-11)19-9-14(17)16-8-13(15)10-5-6-10/h2-4,7,10,13H,5-6,8-9,15H2,1H3,(H,16,17). The number of carbonyl (C=O) groups is 1. The lowest BCUT2D eigenvalue weighted by Crippen LogP contribution is -2.39. The molecule has 1 atom stereocenters. The Kier molecular flexibility index (Phi) is 5.10. The Morgan fingerprint density at radius 2 is 2.37 bits per heavy atom. The van der Waals surface area contributed by atoms with E-state index in [0.29, 0.717) is 18.2 Å². The van der Waals surface area contributed by atoms with Crippen LogP contribution in [0.5, 0.6) is 5.75 Å². The first-order chi connectivity index (χ1) is 9.19. The molecule has 104 valence electrons. The molecule has 1 amide bonds. The molecule has 0 aliphatic heterocycles. The predicted octanol–water partition coefficient (Wildman–Crippen LogP) is 1.64. The molecule has 1 aliphatic carbocycles. The van der Waals surface area contributed by atoms with Gasteiger partial charge in [-0.2, -0.15) is 0 Å². The molecule has 1 unspecified atom stereocenters. The van der Waals surface area contributed by atoms with Crippen molar-refractivity contribution < 1.29 is 9.53 Å². The van der Waals surface area contributed by atoms with Gasteiger partial charge < -0.3 is 15.8 Å². The third-order valence-corrected chi connectivity index (χ3v) is 4.17. The van der Waals surface area contributed by atoms with Crippen LogP contribution in [0.3, 0.4) is 0 Å². The number of rotatable bonds is 7. The van der Waals surface area contributed by atoms with Gasteiger partial charge in [0.2, 0.25) is 5.91 Å². The highest BCUT2D eigenvalue weighted by molar-refractivity contribution is 8.00. The van der Waals surface area contributed by atoms with E-state index in [1.54, 1.807) is 7.11 Å². The molecule has 0 saturated heterocycles. The second kappa shape index (κ2) is 6.82. The van der Waals surface area contributed by atoms with Crippen LogP contribution in [0.4, 0.5) is 0 Å². The summed E-state index contributed by atoms with van der Waals surface area (Å²) < 4.78 is 5.14. The molecule has 1 aliphatic rings. The summed E-state index contributed by atoms with van der Waals surface area (Å²) in [7, 11) is 1.63. The molecule has 1 aromatic carbocycles. The molecule has 0 bridgehead atoms. The van der Waals surface area contributed by atoms with Crippen molar-refractivity contribution in [3.05, 3.63) is 24.3 Å². The zero-order chi connectivity index (χ0) is 13.7. The molecular formula is C14H20N2O2S. The van der Waals surface area contributed by atoms with Crippen molar-refractivity contribution >= 4 is 17.7 Å². The minimum Gasteiger partial charge on any atom is -0.497 e. The van der Waals surface area contributed by atoms with Gasteiger partial charge in [-0.3, -0.25) is 4.79 Å². The lowest BCUT2D eigenvalue weighted by atomic mass is 10.2. The molecule has 2 rings (SSSR count). The lowest BCUT2D eigenvalue weighted by molar-refractivity contribution is -0.118. The Bertz CT molecular complexity index is 435. The summed E-state index contributed by atoms with van der Waals surface area (Å²) in [5.41, 5.74) is 5.93. The maximum absolute atomic E-state index is 11.7. The van der Waals surface area contributed by atoms with Crippen LogP contribution in [0.1, 0.15) is 12.8 Å². The zero-order valence-corrected chi connectivity index (χ0v) is 11.9. The Balaban J connectivity index is 1.70. The van der Waals surface area contributed by atoms with Gasteiger partial charge in [0, 0.05) is 17.5 Å². The number of hydrogen-bond acceptors (Lipinski definition) is 4. The summed E-state index contributed by atoms with van der Waals surface area (Å²) in [5, 5.41) is 2.89. The summed E-state index contributed by atoms with van der Waals surface area (Å²) in [6.45, 7) is 0.585. The van der Waals surface area contributed by atoms with Crippen molar-refractivity contribution in [3.63, 3.8) is 0 Å². The normalized spacial score (nSPS) is 15.9. The minimum atomic E-state index is 0.0314. The van der Waals surface area contributed by atoms with Crippen LogP contribution < -0.4 is 15.8 Å². The van der Waals surface area contributed by atoms with Crippen LogP contribution in [0.2, 0.25) is 0 Å². The fourth-order valence-corrected chi connectivity index (χ4v) is 2.59. The van der Waals surface area contributed by atoms with Gasteiger partial charge in [-0.15, -0.1) is 11.8 Å². The van der Waals surface area contributed by atoms with Crippen molar-refractivity contribution in [1.82, 2.24) is 5.32 Å². The second-order valence-electron chi connectivity index (χ2n) is 4.77. The van der Waals surface area contributed by atoms with Crippen molar-refractivity contribution in [2.45, 2.75) is 23.8 Å². The summed E-state index contributed by atoms with van der Waals surface area (Å²) in [6.07, 6.45) is 2.41. The van der Waals surface area contributed by atoms with E-state index in [9.17, 15) is 4.79 Å². The van der Waals surface area contributed by atoms with Gasteiger partial charge in [-0.05, 0) is 37.0 Å². The third-order valence-electron chi connectivity index (χ3n) is 3.17. The van der Waals surface area contributed by atoms with Crippen LogP contribution in [0, 0.1) is 5.92 Å². The maximum Gasteiger partial charge on any atom is 0.230 e. The van der Waals surface area contributed by atoms with Crippen LogP contribution in [-0.4, -0.2) is 31.4 Å². The summed E-state index contributed by atoms with van der Waals surface area (Å²) in [6, 6.07) is 7.82. The Labute approximate surface area is 118 Å². The zero-order valence-electron chi connectivity index (χ0n) is 11.1. The average Bonchev–Trinajstić information content (AvgIpc) is 3.27. The molecule has 19 heavy (non-hydrogen) atoms. The molecule has 4 nitrogen and oxygen atoms in total. The Hall–Kier alpha value is -1.20. The Morgan fingerprint density at radius 3 is 3.05 bits per heavy atom. The number of nitrogens with two attached hydrogens (primary N) is 1. The van der Waals surface area contributed by atoms with E-state index >= 15 is 0 Å². The van der Waals surface area contributed by atoms with E-state index < -0.39 is 0 Å². The molecule has 3 N–H and O–H groups in total. The number of thioether (sulfide) groups is 1. The second-order valence-corrected chi connectivity index (χ2v) is 5.82. The molecule has 0 aromatic heterocycles. The van der Waals surface area contributed by atoms with Gasteiger partial charge in [-0.25, -0.2) is 0 Å². The number of ether oxygens (including phenoxy) is 1. The third kappa shape index (κ3) is 4.76. The molecule has 0 radical (unpaired) electrons. The van der Waals surface area contributed by atoms with Crippen LogP contribution >= 0.6 is 11.8 Å². The van der Waals surface area contributed by atoms with Gasteiger partial charge in [0.05, 0.1) is 12.9 Å². The molecule has 1 saturated carbocycles. The average molecular weight is 280 g/mol. The van der Waals surface area contributed by atoms with Crippen molar-refractivity contribution in [1.29, 1.82) is 0 Å². The highest BCUT2D eigenvalue weighted by Crippen LogP contribution is 2.31. The number of amides is 1.